The van der Waals surface area contributed by atoms with Crippen molar-refractivity contribution in [1.82, 2.24) is 4.72 Å². The van der Waals surface area contributed by atoms with E-state index in [1.54, 1.807) is 6.07 Å². The van der Waals surface area contributed by atoms with Gasteiger partial charge in [0, 0.05) is 10.9 Å². The molecule has 1 amide bonds. The lowest BCUT2D eigenvalue weighted by molar-refractivity contribution is 0.103. The Morgan fingerprint density at radius 2 is 2.00 bits per heavy atom. The van der Waals surface area contributed by atoms with Crippen LogP contribution in [0.5, 0.6) is 5.75 Å². The molecule has 1 heterocycles. The van der Waals surface area contributed by atoms with Crippen LogP contribution in [0.15, 0.2) is 29.2 Å². The van der Waals surface area contributed by atoms with Gasteiger partial charge in [-0.15, -0.1) is 11.3 Å². The molecule has 6 nitrogen and oxygen atoms in total. The minimum atomic E-state index is -3.61. The van der Waals surface area contributed by atoms with E-state index >= 15 is 0 Å². The molecular formula is C20H26N2O4S2. The normalized spacial score (nSPS) is 14.1. The minimum Gasteiger partial charge on any atom is -0.495 e. The van der Waals surface area contributed by atoms with Crippen LogP contribution < -0.4 is 14.8 Å². The molecule has 1 fully saturated rings. The maximum atomic E-state index is 12.8. The van der Waals surface area contributed by atoms with E-state index in [4.69, 9.17) is 4.74 Å². The Morgan fingerprint density at radius 3 is 2.61 bits per heavy atom. The zero-order chi connectivity index (χ0) is 20.3. The highest BCUT2D eigenvalue weighted by Crippen LogP contribution is 2.31. The van der Waals surface area contributed by atoms with Gasteiger partial charge in [-0.05, 0) is 55.5 Å². The van der Waals surface area contributed by atoms with E-state index in [1.165, 1.54) is 41.0 Å². The maximum Gasteiger partial charge on any atom is 0.265 e. The van der Waals surface area contributed by atoms with Crippen molar-refractivity contribution in [2.45, 2.75) is 56.9 Å². The third-order valence-electron chi connectivity index (χ3n) is 4.61. The summed E-state index contributed by atoms with van der Waals surface area (Å²) < 4.78 is 32.9. The lowest BCUT2D eigenvalue weighted by Gasteiger charge is -2.12. The smallest absolute Gasteiger partial charge is 0.265 e. The van der Waals surface area contributed by atoms with Gasteiger partial charge in [0.2, 0.25) is 10.0 Å². The van der Waals surface area contributed by atoms with Gasteiger partial charge < -0.3 is 10.1 Å². The van der Waals surface area contributed by atoms with Gasteiger partial charge in [0.15, 0.2) is 0 Å². The third-order valence-corrected chi connectivity index (χ3v) is 7.36. The highest BCUT2D eigenvalue weighted by atomic mass is 32.2. The van der Waals surface area contributed by atoms with Crippen LogP contribution in [0.25, 0.3) is 0 Å². The minimum absolute atomic E-state index is 0.0145. The highest BCUT2D eigenvalue weighted by Gasteiger charge is 2.28. The number of amides is 1. The molecule has 152 valence electrons. The molecule has 1 aromatic carbocycles. The summed E-state index contributed by atoms with van der Waals surface area (Å²) in [5.41, 5.74) is 1.53. The first-order chi connectivity index (χ1) is 13.4. The van der Waals surface area contributed by atoms with E-state index in [9.17, 15) is 13.2 Å². The number of thiophene rings is 1. The van der Waals surface area contributed by atoms with Gasteiger partial charge in [-0.25, -0.2) is 13.1 Å². The fraction of sp³-hybridized carbons (Fsp3) is 0.450. The number of carbonyl (C=O) groups is 1. The third kappa shape index (κ3) is 4.74. The standard InChI is InChI=1S/C20H26N2O4S2/c1-4-6-18-13(5-2)11-19(27-18)20(23)21-16-12-15(9-10-17(16)26-3)28(24,25)22-14-7-8-14/h9-12,14,22H,4-8H2,1-3H3,(H,21,23). The van der Waals surface area contributed by atoms with Crippen LogP contribution >= 0.6 is 11.3 Å². The van der Waals surface area contributed by atoms with Crippen LogP contribution in [-0.4, -0.2) is 27.5 Å². The highest BCUT2D eigenvalue weighted by molar-refractivity contribution is 7.89. The summed E-state index contributed by atoms with van der Waals surface area (Å²) in [7, 11) is -2.13. The zero-order valence-electron chi connectivity index (χ0n) is 16.4. The van der Waals surface area contributed by atoms with Crippen LogP contribution in [0.4, 0.5) is 5.69 Å². The summed E-state index contributed by atoms with van der Waals surface area (Å²) in [5.74, 6) is 0.157. The Balaban J connectivity index is 1.86. The van der Waals surface area contributed by atoms with Gasteiger partial charge in [-0.2, -0.15) is 0 Å². The quantitative estimate of drug-likeness (QED) is 0.640. The van der Waals surface area contributed by atoms with E-state index in [2.05, 4.69) is 23.9 Å². The molecule has 2 N–H and O–H groups in total. The van der Waals surface area contributed by atoms with Crippen molar-refractivity contribution >= 4 is 33.0 Å². The summed E-state index contributed by atoms with van der Waals surface area (Å²) in [6.07, 6.45) is 4.57. The second kappa shape index (κ2) is 8.63. The van der Waals surface area contributed by atoms with Gasteiger partial charge in [0.1, 0.15) is 5.75 Å². The van der Waals surface area contributed by atoms with E-state index in [-0.39, 0.29) is 16.8 Å². The van der Waals surface area contributed by atoms with E-state index in [1.807, 2.05) is 6.07 Å². The molecule has 8 heteroatoms. The van der Waals surface area contributed by atoms with Gasteiger partial charge in [0.25, 0.3) is 5.91 Å². The molecule has 0 saturated heterocycles. The number of benzene rings is 1. The topological polar surface area (TPSA) is 84.5 Å². The van der Waals surface area contributed by atoms with Crippen molar-refractivity contribution < 1.29 is 17.9 Å². The molecule has 0 unspecified atom stereocenters. The number of carbonyl (C=O) groups excluding carboxylic acids is 1. The number of hydrogen-bond acceptors (Lipinski definition) is 5. The summed E-state index contributed by atoms with van der Waals surface area (Å²) in [6.45, 7) is 4.19. The van der Waals surface area contributed by atoms with Crippen molar-refractivity contribution in [2.24, 2.45) is 0 Å². The first-order valence-electron chi connectivity index (χ1n) is 9.51. The Kier molecular flexibility index (Phi) is 6.42. The monoisotopic (exact) mass is 422 g/mol. The SMILES string of the molecule is CCCc1sc(C(=O)Nc2cc(S(=O)(=O)NC3CC3)ccc2OC)cc1CC. The molecule has 1 aliphatic carbocycles. The molecule has 0 atom stereocenters. The number of nitrogens with one attached hydrogen (secondary N) is 2. The van der Waals surface area contributed by atoms with E-state index < -0.39 is 10.0 Å². The number of methoxy groups -OCH3 is 1. The molecule has 0 radical (unpaired) electrons. The summed E-state index contributed by atoms with van der Waals surface area (Å²) in [4.78, 5) is 14.8. The van der Waals surface area contributed by atoms with Crippen LogP contribution in [0.1, 0.15) is 53.2 Å². The van der Waals surface area contributed by atoms with Gasteiger partial charge in [0.05, 0.1) is 22.6 Å². The summed E-state index contributed by atoms with van der Waals surface area (Å²) in [5, 5.41) is 2.82. The number of rotatable bonds is 9. The molecule has 1 aliphatic rings. The fourth-order valence-electron chi connectivity index (χ4n) is 2.94. The van der Waals surface area contributed by atoms with Crippen molar-refractivity contribution in [3.8, 4) is 5.75 Å². The summed E-state index contributed by atoms with van der Waals surface area (Å²) >= 11 is 1.49. The first-order valence-corrected chi connectivity index (χ1v) is 11.8. The van der Waals surface area contributed by atoms with Crippen LogP contribution in [0, 0.1) is 0 Å². The average Bonchev–Trinajstić information content (AvgIpc) is 3.37. The fourth-order valence-corrected chi connectivity index (χ4v) is 5.52. The Morgan fingerprint density at radius 1 is 1.25 bits per heavy atom. The van der Waals surface area contributed by atoms with Crippen LogP contribution in [0.2, 0.25) is 0 Å². The number of aryl methyl sites for hydroxylation is 2. The van der Waals surface area contributed by atoms with Crippen molar-refractivity contribution in [1.29, 1.82) is 0 Å². The molecular weight excluding hydrogens is 396 g/mol. The summed E-state index contributed by atoms with van der Waals surface area (Å²) in [6, 6.07) is 6.43. The lowest BCUT2D eigenvalue weighted by atomic mass is 10.1. The predicted octanol–water partition coefficient (Wildman–Crippen LogP) is 3.96. The van der Waals surface area contributed by atoms with Crippen LogP contribution in [-0.2, 0) is 22.9 Å². The number of anilines is 1. The molecule has 1 aromatic heterocycles. The van der Waals surface area contributed by atoms with E-state index in [0.29, 0.717) is 16.3 Å². The first kappa shape index (κ1) is 20.8. The molecule has 2 aromatic rings. The van der Waals surface area contributed by atoms with Gasteiger partial charge in [-0.3, -0.25) is 4.79 Å². The van der Waals surface area contributed by atoms with E-state index in [0.717, 1.165) is 32.1 Å². The van der Waals surface area contributed by atoms with Crippen molar-refractivity contribution in [3.63, 3.8) is 0 Å². The second-order valence-corrected chi connectivity index (χ2v) is 9.73. The number of hydrogen-bond donors (Lipinski definition) is 2. The molecule has 1 saturated carbocycles. The molecule has 0 spiro atoms. The molecule has 0 aliphatic heterocycles. The second-order valence-electron chi connectivity index (χ2n) is 6.87. The molecule has 3 rings (SSSR count). The van der Waals surface area contributed by atoms with Gasteiger partial charge in [-0.1, -0.05) is 20.3 Å². The number of sulfonamides is 1. The largest absolute Gasteiger partial charge is 0.495 e. The van der Waals surface area contributed by atoms with Gasteiger partial charge >= 0.3 is 0 Å². The van der Waals surface area contributed by atoms with Crippen molar-refractivity contribution in [2.75, 3.05) is 12.4 Å². The maximum absolute atomic E-state index is 12.8. The van der Waals surface area contributed by atoms with Crippen LogP contribution in [0.3, 0.4) is 0 Å². The Labute approximate surface area is 170 Å². The Hall–Kier alpha value is -1.90. The lowest BCUT2D eigenvalue weighted by Crippen LogP contribution is -2.25. The molecule has 28 heavy (non-hydrogen) atoms. The Bertz CT molecular complexity index is 963. The zero-order valence-corrected chi connectivity index (χ0v) is 18.0. The molecule has 0 bridgehead atoms. The average molecular weight is 423 g/mol. The predicted molar refractivity (Wildman–Crippen MR) is 112 cm³/mol. The van der Waals surface area contributed by atoms with Crippen molar-refractivity contribution in [3.05, 3.63) is 39.6 Å². The number of ether oxygens (including phenoxy) is 1.